The summed E-state index contributed by atoms with van der Waals surface area (Å²) < 4.78 is 5.33. The van der Waals surface area contributed by atoms with Crippen LogP contribution in [0, 0.1) is 30.1 Å². The highest BCUT2D eigenvalue weighted by molar-refractivity contribution is 5.79. The molecule has 0 aromatic carbocycles. The Kier molecular flexibility index (Phi) is 8.21. The molecule has 0 aliphatic heterocycles. The molecule has 7 heteroatoms. The molecular formula is C20H34N4O3. The zero-order chi connectivity index (χ0) is 20.8. The van der Waals surface area contributed by atoms with Gasteiger partial charge in [0.15, 0.2) is 5.82 Å². The first kappa shape index (κ1) is 22.9. The summed E-state index contributed by atoms with van der Waals surface area (Å²) in [5.74, 6) is 0.399. The molecule has 1 amide bonds. The van der Waals surface area contributed by atoms with E-state index >= 15 is 0 Å². The lowest BCUT2D eigenvalue weighted by molar-refractivity contribution is -0.129. The Morgan fingerprint density at radius 1 is 1.33 bits per heavy atom. The number of hydrogen-bond donors (Lipinski definition) is 3. The summed E-state index contributed by atoms with van der Waals surface area (Å²) in [4.78, 5) is 17.6. The number of allylic oxidation sites excluding steroid dienone is 2. The number of nitrogens with one attached hydrogen (secondary N) is 2. The molecule has 3 N–H and O–H groups in total. The van der Waals surface area contributed by atoms with Crippen LogP contribution in [0.2, 0.25) is 0 Å². The number of carbonyl (C=O) groups excluding carboxylic acids is 1. The van der Waals surface area contributed by atoms with Crippen molar-refractivity contribution in [3.63, 3.8) is 0 Å². The van der Waals surface area contributed by atoms with Crippen LogP contribution in [0.15, 0.2) is 29.5 Å². The monoisotopic (exact) mass is 378 g/mol. The van der Waals surface area contributed by atoms with Gasteiger partial charge < -0.3 is 9.84 Å². The van der Waals surface area contributed by atoms with Gasteiger partial charge in [0.25, 0.3) is 0 Å². The third-order valence-corrected chi connectivity index (χ3v) is 4.50. The first-order valence-electron chi connectivity index (χ1n) is 9.31. The molecule has 1 aromatic heterocycles. The van der Waals surface area contributed by atoms with Crippen LogP contribution in [0.25, 0.3) is 0 Å². The number of hydrogen-bond acceptors (Lipinski definition) is 6. The Labute approximate surface area is 162 Å². The van der Waals surface area contributed by atoms with Crippen LogP contribution < -0.4 is 10.8 Å². The second-order valence-corrected chi connectivity index (χ2v) is 8.49. The molecule has 0 aliphatic rings. The third kappa shape index (κ3) is 6.50. The van der Waals surface area contributed by atoms with Crippen LogP contribution in [0.1, 0.15) is 65.2 Å². The summed E-state index contributed by atoms with van der Waals surface area (Å²) in [6, 6.07) is -0.430. The lowest BCUT2D eigenvalue weighted by Gasteiger charge is -2.33. The van der Waals surface area contributed by atoms with E-state index in [0.29, 0.717) is 36.2 Å². The molecular weight excluding hydrogens is 344 g/mol. The fraction of sp³-hybridized carbons (Fsp3) is 0.650. The molecule has 0 saturated carbocycles. The highest BCUT2D eigenvalue weighted by Gasteiger charge is 2.37. The first-order chi connectivity index (χ1) is 12.5. The number of carbonyl (C=O) groups is 1. The molecule has 0 fully saturated rings. The van der Waals surface area contributed by atoms with Crippen LogP contribution in [0.5, 0.6) is 0 Å². The molecule has 3 atom stereocenters. The van der Waals surface area contributed by atoms with Crippen molar-refractivity contribution in [1.82, 2.24) is 20.9 Å². The smallest absolute Gasteiger partial charge is 0.249 e. The fourth-order valence-corrected chi connectivity index (χ4v) is 3.10. The van der Waals surface area contributed by atoms with Crippen molar-refractivity contribution in [3.8, 4) is 0 Å². The van der Waals surface area contributed by atoms with Gasteiger partial charge in [-0.05, 0) is 31.1 Å². The van der Waals surface area contributed by atoms with Gasteiger partial charge in [-0.15, -0.1) is 6.58 Å². The number of rotatable bonds is 10. The van der Waals surface area contributed by atoms with Crippen molar-refractivity contribution in [2.45, 2.75) is 60.4 Å². The maximum absolute atomic E-state index is 13.3. The van der Waals surface area contributed by atoms with Gasteiger partial charge in [0, 0.05) is 17.5 Å². The number of aromatic nitrogens is 2. The van der Waals surface area contributed by atoms with Crippen molar-refractivity contribution in [1.29, 1.82) is 0 Å². The highest BCUT2D eigenvalue weighted by atomic mass is 16.5. The van der Waals surface area contributed by atoms with Gasteiger partial charge in [-0.1, -0.05) is 52.4 Å². The molecule has 0 aliphatic carbocycles. The van der Waals surface area contributed by atoms with E-state index < -0.39 is 6.04 Å². The summed E-state index contributed by atoms with van der Waals surface area (Å²) in [5, 5.41) is 16.3. The molecule has 7 nitrogen and oxygen atoms in total. The fourth-order valence-electron chi connectivity index (χ4n) is 3.10. The van der Waals surface area contributed by atoms with Crippen molar-refractivity contribution in [2.24, 2.45) is 23.2 Å². The average Bonchev–Trinajstić information content (AvgIpc) is 2.99. The lowest BCUT2D eigenvalue weighted by atomic mass is 9.80. The summed E-state index contributed by atoms with van der Waals surface area (Å²) in [5.41, 5.74) is 2.19. The van der Waals surface area contributed by atoms with Gasteiger partial charge in [-0.3, -0.25) is 15.5 Å². The molecule has 0 spiro atoms. The number of aryl methyl sites for hydroxylation is 1. The Morgan fingerprint density at radius 3 is 2.37 bits per heavy atom. The van der Waals surface area contributed by atoms with E-state index in [4.69, 9.17) is 4.52 Å². The molecule has 1 aromatic rings. The molecule has 0 unspecified atom stereocenters. The van der Waals surface area contributed by atoms with Crippen LogP contribution in [0.4, 0.5) is 0 Å². The predicted molar refractivity (Wildman–Crippen MR) is 105 cm³/mol. The molecule has 1 heterocycles. The molecule has 27 heavy (non-hydrogen) atoms. The van der Waals surface area contributed by atoms with E-state index in [2.05, 4.69) is 47.9 Å². The predicted octanol–water partition coefficient (Wildman–Crippen LogP) is 3.93. The Bertz CT molecular complexity index is 646. The quantitative estimate of drug-likeness (QED) is 0.421. The van der Waals surface area contributed by atoms with Crippen molar-refractivity contribution in [2.75, 3.05) is 0 Å². The van der Waals surface area contributed by atoms with Gasteiger partial charge in [0.1, 0.15) is 6.04 Å². The van der Waals surface area contributed by atoms with Crippen LogP contribution in [0.3, 0.4) is 0 Å². The Morgan fingerprint density at radius 2 is 1.96 bits per heavy atom. The van der Waals surface area contributed by atoms with E-state index in [9.17, 15) is 10.0 Å². The van der Waals surface area contributed by atoms with Gasteiger partial charge in [0.05, 0.1) is 0 Å². The Hall–Kier alpha value is -2.15. The van der Waals surface area contributed by atoms with Crippen LogP contribution in [-0.2, 0) is 4.79 Å². The largest absolute Gasteiger partial charge is 0.344 e. The van der Waals surface area contributed by atoms with E-state index in [1.165, 1.54) is 0 Å². The summed E-state index contributed by atoms with van der Waals surface area (Å²) in [7, 11) is 0. The summed E-state index contributed by atoms with van der Waals surface area (Å²) in [6.45, 7) is 19.5. The van der Waals surface area contributed by atoms with E-state index in [-0.39, 0.29) is 23.2 Å². The minimum Gasteiger partial charge on any atom is -0.344 e. The molecule has 0 saturated heterocycles. The van der Waals surface area contributed by atoms with Crippen LogP contribution >= 0.6 is 0 Å². The van der Waals surface area contributed by atoms with Crippen LogP contribution in [-0.4, -0.2) is 21.3 Å². The second kappa shape index (κ2) is 9.69. The minimum atomic E-state index is -0.430. The van der Waals surface area contributed by atoms with Gasteiger partial charge in [0.2, 0.25) is 11.8 Å². The summed E-state index contributed by atoms with van der Waals surface area (Å²) >= 11 is 0. The lowest BCUT2D eigenvalue weighted by Crippen LogP contribution is -2.43. The van der Waals surface area contributed by atoms with Gasteiger partial charge >= 0.3 is 0 Å². The molecule has 0 bridgehead atoms. The molecule has 152 valence electrons. The zero-order valence-corrected chi connectivity index (χ0v) is 17.4. The van der Waals surface area contributed by atoms with Gasteiger partial charge in [-0.2, -0.15) is 4.98 Å². The van der Waals surface area contributed by atoms with E-state index in [0.717, 1.165) is 0 Å². The zero-order valence-electron chi connectivity index (χ0n) is 17.4. The SMILES string of the molecule is C=CC[C@H](C(=C)NO)[C@@H](CC(C)C)C(=O)N[C@H](c1nc(C)no1)C(C)(C)C. The number of amides is 1. The van der Waals surface area contributed by atoms with E-state index in [1.54, 1.807) is 13.0 Å². The highest BCUT2D eigenvalue weighted by Crippen LogP contribution is 2.34. The standard InChI is InChI=1S/C20H34N4O3/c1-9-10-15(13(4)23-26)16(11-12(2)3)18(25)22-17(20(6,7)8)19-21-14(5)24-27-19/h9,12,15-17,23,26H,1,4,10-11H2,2-3,5-8H3,(H,22,25)/t15-,16-,17-/m1/s1. The average molecular weight is 379 g/mol. The van der Waals surface area contributed by atoms with Gasteiger partial charge in [-0.25, -0.2) is 0 Å². The number of nitrogens with zero attached hydrogens (tertiary/aromatic N) is 2. The third-order valence-electron chi connectivity index (χ3n) is 4.50. The normalized spacial score (nSPS) is 15.1. The number of hydroxylamine groups is 1. The first-order valence-corrected chi connectivity index (χ1v) is 9.31. The molecule has 0 radical (unpaired) electrons. The maximum Gasteiger partial charge on any atom is 0.249 e. The topological polar surface area (TPSA) is 100 Å². The van der Waals surface area contributed by atoms with Crippen molar-refractivity contribution < 1.29 is 14.5 Å². The summed E-state index contributed by atoms with van der Waals surface area (Å²) in [6.07, 6.45) is 2.90. The minimum absolute atomic E-state index is 0.136. The molecule has 1 rings (SSSR count). The second-order valence-electron chi connectivity index (χ2n) is 8.49. The van der Waals surface area contributed by atoms with E-state index in [1.807, 2.05) is 20.8 Å². The maximum atomic E-state index is 13.3. The van der Waals surface area contributed by atoms with Crippen molar-refractivity contribution >= 4 is 5.91 Å². The van der Waals surface area contributed by atoms with Crippen molar-refractivity contribution in [3.05, 3.63) is 36.6 Å². The Balaban J connectivity index is 3.18.